The van der Waals surface area contributed by atoms with Crippen molar-refractivity contribution < 1.29 is 19.5 Å². The maximum atomic E-state index is 13.5. The highest BCUT2D eigenvalue weighted by Gasteiger charge is 2.67. The summed E-state index contributed by atoms with van der Waals surface area (Å²) in [4.78, 5) is 40.7. The number of carbonyl (C=O) groups excluding carboxylic acids is 2. The molecule has 2 aromatic rings. The fourth-order valence-corrected chi connectivity index (χ4v) is 4.96. The number of carbonyl (C=O) groups is 3. The fourth-order valence-electron chi connectivity index (χ4n) is 4.96. The largest absolute Gasteiger partial charge is 0.480 e. The molecule has 4 atom stereocenters. The van der Waals surface area contributed by atoms with Crippen molar-refractivity contribution in [1.82, 2.24) is 10.2 Å². The summed E-state index contributed by atoms with van der Waals surface area (Å²) in [5.74, 6) is -3.43. The molecule has 2 aromatic carbocycles. The van der Waals surface area contributed by atoms with E-state index in [0.29, 0.717) is 12.8 Å². The van der Waals surface area contributed by atoms with Crippen molar-refractivity contribution in [2.45, 2.75) is 44.3 Å². The van der Waals surface area contributed by atoms with E-state index < -0.39 is 35.3 Å². The van der Waals surface area contributed by atoms with E-state index in [2.05, 4.69) is 5.32 Å². The number of carboxylic acid groups (broad SMARTS) is 1. The van der Waals surface area contributed by atoms with Crippen LogP contribution in [0.25, 0.3) is 6.08 Å². The van der Waals surface area contributed by atoms with Crippen LogP contribution in [0.2, 0.25) is 0 Å². The van der Waals surface area contributed by atoms with Crippen LogP contribution in [0.1, 0.15) is 37.3 Å². The summed E-state index contributed by atoms with van der Waals surface area (Å²) in [7, 11) is 0. The quantitative estimate of drug-likeness (QED) is 0.624. The summed E-state index contributed by atoms with van der Waals surface area (Å²) in [5.41, 5.74) is 0.336. The van der Waals surface area contributed by atoms with Crippen LogP contribution in [0, 0.1) is 11.8 Å². The van der Waals surface area contributed by atoms with E-state index in [1.54, 1.807) is 0 Å². The van der Waals surface area contributed by atoms with Gasteiger partial charge in [-0.25, -0.2) is 0 Å². The summed E-state index contributed by atoms with van der Waals surface area (Å²) in [5, 5.41) is 13.5. The molecule has 166 valence electrons. The first-order valence-electron chi connectivity index (χ1n) is 11.1. The minimum Gasteiger partial charge on any atom is -0.480 e. The Labute approximate surface area is 187 Å². The predicted molar refractivity (Wildman–Crippen MR) is 121 cm³/mol. The average Bonchev–Trinajstić information content (AvgIpc) is 3.27. The van der Waals surface area contributed by atoms with Crippen molar-refractivity contribution in [3.8, 4) is 0 Å². The van der Waals surface area contributed by atoms with Gasteiger partial charge in [0.15, 0.2) is 0 Å². The van der Waals surface area contributed by atoms with E-state index in [4.69, 9.17) is 0 Å². The number of likely N-dealkylation sites (tertiary alicyclic amines) is 1. The lowest BCUT2D eigenvalue weighted by Crippen LogP contribution is -2.56. The van der Waals surface area contributed by atoms with Crippen molar-refractivity contribution in [3.63, 3.8) is 0 Å². The summed E-state index contributed by atoms with van der Waals surface area (Å²) in [6.07, 6.45) is 5.46. The first kappa shape index (κ1) is 22.0. The van der Waals surface area contributed by atoms with Gasteiger partial charge in [-0.15, -0.1) is 0 Å². The van der Waals surface area contributed by atoms with Gasteiger partial charge in [-0.3, -0.25) is 24.6 Å². The van der Waals surface area contributed by atoms with Crippen LogP contribution in [0.4, 0.5) is 0 Å². The average molecular weight is 433 g/mol. The van der Waals surface area contributed by atoms with Crippen molar-refractivity contribution in [3.05, 3.63) is 77.9 Å². The number of hydrogen-bond donors (Lipinski definition) is 2. The van der Waals surface area contributed by atoms with Gasteiger partial charge in [-0.05, 0) is 17.5 Å². The Morgan fingerprint density at radius 1 is 1.06 bits per heavy atom. The second-order valence-corrected chi connectivity index (χ2v) is 8.57. The van der Waals surface area contributed by atoms with Crippen LogP contribution in [-0.4, -0.2) is 39.4 Å². The van der Waals surface area contributed by atoms with Gasteiger partial charge in [-0.1, -0.05) is 92.6 Å². The Balaban J connectivity index is 1.71. The molecule has 0 bridgehead atoms. The third-order valence-corrected chi connectivity index (χ3v) is 6.57. The second-order valence-electron chi connectivity index (χ2n) is 8.57. The number of benzene rings is 2. The Morgan fingerprint density at radius 2 is 1.72 bits per heavy atom. The van der Waals surface area contributed by atoms with E-state index in [-0.39, 0.29) is 12.5 Å². The van der Waals surface area contributed by atoms with Crippen LogP contribution >= 0.6 is 0 Å². The van der Waals surface area contributed by atoms with Gasteiger partial charge >= 0.3 is 5.97 Å². The van der Waals surface area contributed by atoms with Crippen LogP contribution in [0.3, 0.4) is 0 Å². The molecule has 0 saturated carbocycles. The monoisotopic (exact) mass is 432 g/mol. The normalized spacial score (nSPS) is 27.3. The molecule has 32 heavy (non-hydrogen) atoms. The molecule has 0 radical (unpaired) electrons. The molecular weight excluding hydrogens is 404 g/mol. The lowest BCUT2D eigenvalue weighted by atomic mass is 9.77. The number of hydrogen-bond acceptors (Lipinski definition) is 4. The molecule has 2 aliphatic heterocycles. The Kier molecular flexibility index (Phi) is 6.24. The van der Waals surface area contributed by atoms with Gasteiger partial charge in [0, 0.05) is 6.04 Å². The highest BCUT2D eigenvalue weighted by molar-refractivity contribution is 6.09. The summed E-state index contributed by atoms with van der Waals surface area (Å²) in [6.45, 7) is 2.14. The minimum absolute atomic E-state index is 0.157. The first-order valence-corrected chi connectivity index (χ1v) is 11.1. The molecule has 6 heteroatoms. The second kappa shape index (κ2) is 9.09. The van der Waals surface area contributed by atoms with Crippen LogP contribution < -0.4 is 5.32 Å². The minimum atomic E-state index is -1.45. The number of fused-ring (bicyclic) bond motifs is 1. The lowest BCUT2D eigenvalue weighted by molar-refractivity contribution is -0.152. The van der Waals surface area contributed by atoms with E-state index in [1.807, 2.05) is 79.7 Å². The van der Waals surface area contributed by atoms with Crippen LogP contribution in [0.15, 0.2) is 66.7 Å². The molecule has 2 amide bonds. The van der Waals surface area contributed by atoms with Crippen LogP contribution in [0.5, 0.6) is 0 Å². The van der Waals surface area contributed by atoms with Gasteiger partial charge < -0.3 is 5.11 Å². The highest BCUT2D eigenvalue weighted by Crippen LogP contribution is 2.46. The van der Waals surface area contributed by atoms with E-state index >= 15 is 0 Å². The van der Waals surface area contributed by atoms with E-state index in [9.17, 15) is 19.5 Å². The summed E-state index contributed by atoms with van der Waals surface area (Å²) in [6, 6.07) is 18.4. The molecule has 2 saturated heterocycles. The number of carboxylic acids is 1. The first-order chi connectivity index (χ1) is 15.5. The van der Waals surface area contributed by atoms with E-state index in [1.165, 1.54) is 4.90 Å². The van der Waals surface area contributed by atoms with Crippen LogP contribution in [-0.2, 0) is 20.9 Å². The number of nitrogens with one attached hydrogen (secondary N) is 1. The number of amides is 2. The molecule has 6 nitrogen and oxygen atoms in total. The number of nitrogens with zero attached hydrogens (tertiary/aromatic N) is 1. The third kappa shape index (κ3) is 3.86. The van der Waals surface area contributed by atoms with E-state index in [0.717, 1.165) is 17.5 Å². The van der Waals surface area contributed by atoms with Crippen molar-refractivity contribution in [1.29, 1.82) is 0 Å². The number of aliphatic carboxylic acids is 1. The Morgan fingerprint density at radius 3 is 2.34 bits per heavy atom. The molecule has 0 aliphatic carbocycles. The van der Waals surface area contributed by atoms with Gasteiger partial charge in [0.05, 0.1) is 18.4 Å². The van der Waals surface area contributed by atoms with Gasteiger partial charge in [0.2, 0.25) is 11.8 Å². The van der Waals surface area contributed by atoms with Gasteiger partial charge in [0.1, 0.15) is 5.54 Å². The molecule has 2 N–H and O–H groups in total. The highest BCUT2D eigenvalue weighted by atomic mass is 16.4. The van der Waals surface area contributed by atoms with Gasteiger partial charge in [0.25, 0.3) is 0 Å². The van der Waals surface area contributed by atoms with Crippen molar-refractivity contribution in [2.24, 2.45) is 11.8 Å². The zero-order valence-corrected chi connectivity index (χ0v) is 18.1. The molecule has 2 aliphatic rings. The predicted octanol–water partition coefficient (Wildman–Crippen LogP) is 3.49. The molecule has 0 spiro atoms. The summed E-state index contributed by atoms with van der Waals surface area (Å²) >= 11 is 0. The smallest absolute Gasteiger partial charge is 0.324 e. The fraction of sp³-hybridized carbons (Fsp3) is 0.346. The molecule has 4 unspecified atom stereocenters. The zero-order chi connectivity index (χ0) is 22.7. The maximum Gasteiger partial charge on any atom is 0.324 e. The number of unbranched alkanes of at least 4 members (excludes halogenated alkanes) is 1. The molecular formula is C26H28N2O4. The molecule has 2 fully saturated rings. The Hall–Kier alpha value is -3.25. The topological polar surface area (TPSA) is 86.7 Å². The standard InChI is InChI=1S/C26H28N2O4/c1-2-3-16-26(25(31)32)22-21(20(27-26)15-14-18-10-6-4-7-11-18)23(29)28(24(22)30)17-19-12-8-5-9-13-19/h4-15,20-22,27H,2-3,16-17H2,1H3,(H,31,32). The summed E-state index contributed by atoms with van der Waals surface area (Å²) < 4.78 is 0. The zero-order valence-electron chi connectivity index (χ0n) is 18.1. The lowest BCUT2D eigenvalue weighted by Gasteiger charge is -2.30. The van der Waals surface area contributed by atoms with Crippen molar-refractivity contribution >= 4 is 23.9 Å². The SMILES string of the molecule is CCCCC1(C(=O)O)NC(C=Cc2ccccc2)C2C(=O)N(Cc3ccccc3)C(=O)C21. The van der Waals surface area contributed by atoms with Crippen molar-refractivity contribution in [2.75, 3.05) is 0 Å². The number of rotatable bonds is 8. The Bertz CT molecular complexity index is 1020. The molecule has 2 heterocycles. The molecule has 0 aromatic heterocycles. The molecule has 4 rings (SSSR count). The van der Waals surface area contributed by atoms with Gasteiger partial charge in [-0.2, -0.15) is 0 Å². The third-order valence-electron chi connectivity index (χ3n) is 6.57. The maximum absolute atomic E-state index is 13.5. The number of imide groups is 1.